The van der Waals surface area contributed by atoms with Gasteiger partial charge in [-0.3, -0.25) is 9.59 Å². The fraction of sp³-hybridized carbons (Fsp3) is 0.167. The van der Waals surface area contributed by atoms with Crippen molar-refractivity contribution in [3.05, 3.63) is 68.6 Å². The molecule has 0 aliphatic carbocycles. The van der Waals surface area contributed by atoms with Gasteiger partial charge in [-0.2, -0.15) is 18.3 Å². The number of anilines is 1. The lowest BCUT2D eigenvalue weighted by Gasteiger charge is -2.22. The molecule has 2 amide bonds. The van der Waals surface area contributed by atoms with Crippen LogP contribution in [0.5, 0.6) is 0 Å². The SMILES string of the molecule is CNC(=O)c1cc(Cl)cc(Cl)c1NC(=O)c1cc(C(F)(F)F)nn1C1NC=CC=C1Cl. The highest BCUT2D eigenvalue weighted by Crippen LogP contribution is 2.33. The van der Waals surface area contributed by atoms with E-state index in [1.807, 2.05) is 0 Å². The van der Waals surface area contributed by atoms with Crippen molar-refractivity contribution >= 4 is 52.3 Å². The summed E-state index contributed by atoms with van der Waals surface area (Å²) in [6.45, 7) is 0. The highest BCUT2D eigenvalue weighted by molar-refractivity contribution is 6.38. The van der Waals surface area contributed by atoms with Crippen LogP contribution in [0.3, 0.4) is 0 Å². The number of hydrogen-bond acceptors (Lipinski definition) is 4. The lowest BCUT2D eigenvalue weighted by atomic mass is 10.1. The molecule has 0 radical (unpaired) electrons. The van der Waals surface area contributed by atoms with Gasteiger partial charge < -0.3 is 16.0 Å². The minimum Gasteiger partial charge on any atom is -0.365 e. The highest BCUT2D eigenvalue weighted by atomic mass is 35.5. The number of halogens is 6. The van der Waals surface area contributed by atoms with E-state index in [-0.39, 0.29) is 26.3 Å². The minimum atomic E-state index is -4.81. The van der Waals surface area contributed by atoms with Gasteiger partial charge in [-0.15, -0.1) is 0 Å². The minimum absolute atomic E-state index is 0.0767. The zero-order valence-electron chi connectivity index (χ0n) is 15.5. The van der Waals surface area contributed by atoms with Crippen LogP contribution in [0.4, 0.5) is 18.9 Å². The van der Waals surface area contributed by atoms with Crippen molar-refractivity contribution in [2.45, 2.75) is 12.3 Å². The Balaban J connectivity index is 2.07. The van der Waals surface area contributed by atoms with Gasteiger partial charge >= 0.3 is 6.18 Å². The third kappa shape index (κ3) is 4.81. The van der Waals surface area contributed by atoms with Crippen LogP contribution in [0.1, 0.15) is 32.7 Å². The molecule has 2 heterocycles. The normalized spacial score (nSPS) is 15.8. The van der Waals surface area contributed by atoms with Crippen molar-refractivity contribution in [2.75, 3.05) is 12.4 Å². The first-order valence-corrected chi connectivity index (χ1v) is 9.63. The van der Waals surface area contributed by atoms with Crippen LogP contribution >= 0.6 is 34.8 Å². The Bertz CT molecular complexity index is 1110. The van der Waals surface area contributed by atoms with E-state index in [0.29, 0.717) is 6.07 Å². The van der Waals surface area contributed by atoms with Gasteiger partial charge in [0.25, 0.3) is 11.8 Å². The van der Waals surface area contributed by atoms with Crippen LogP contribution < -0.4 is 16.0 Å². The molecule has 0 fully saturated rings. The van der Waals surface area contributed by atoms with Gasteiger partial charge in [-0.05, 0) is 30.5 Å². The maximum atomic E-state index is 13.3. The summed E-state index contributed by atoms with van der Waals surface area (Å²) in [5, 5.41) is 11.1. The Hall–Kier alpha value is -2.69. The van der Waals surface area contributed by atoms with Gasteiger partial charge in [0.1, 0.15) is 5.69 Å². The van der Waals surface area contributed by atoms with E-state index >= 15 is 0 Å². The monoisotopic (exact) mass is 493 g/mol. The van der Waals surface area contributed by atoms with Crippen LogP contribution in [-0.2, 0) is 6.18 Å². The van der Waals surface area contributed by atoms with Gasteiger partial charge in [-0.1, -0.05) is 34.8 Å². The Kier molecular flexibility index (Phi) is 6.54. The second-order valence-electron chi connectivity index (χ2n) is 6.18. The molecule has 0 saturated carbocycles. The number of benzene rings is 1. The summed E-state index contributed by atoms with van der Waals surface area (Å²) in [5.41, 5.74) is -1.98. The molecule has 1 aliphatic heterocycles. The number of alkyl halides is 3. The number of nitrogens with zero attached hydrogens (tertiary/aromatic N) is 2. The zero-order chi connectivity index (χ0) is 22.9. The smallest absolute Gasteiger partial charge is 0.365 e. The quantitative estimate of drug-likeness (QED) is 0.582. The molecule has 1 aliphatic rings. The predicted octanol–water partition coefficient (Wildman–Crippen LogP) is 4.56. The number of amides is 2. The van der Waals surface area contributed by atoms with Crippen LogP contribution in [0.25, 0.3) is 0 Å². The zero-order valence-corrected chi connectivity index (χ0v) is 17.8. The molecule has 1 unspecified atom stereocenters. The van der Waals surface area contributed by atoms with E-state index in [1.54, 1.807) is 0 Å². The number of allylic oxidation sites excluding steroid dienone is 2. The topological polar surface area (TPSA) is 88.1 Å². The molecule has 3 N–H and O–H groups in total. The van der Waals surface area contributed by atoms with E-state index in [2.05, 4.69) is 21.0 Å². The molecule has 13 heteroatoms. The molecule has 164 valence electrons. The molecule has 1 aromatic carbocycles. The van der Waals surface area contributed by atoms with Gasteiger partial charge in [0, 0.05) is 18.1 Å². The Morgan fingerprint density at radius 1 is 1.16 bits per heavy atom. The van der Waals surface area contributed by atoms with Crippen molar-refractivity contribution in [1.82, 2.24) is 20.4 Å². The van der Waals surface area contributed by atoms with E-state index in [4.69, 9.17) is 34.8 Å². The molecule has 31 heavy (non-hydrogen) atoms. The van der Waals surface area contributed by atoms with Crippen LogP contribution in [-0.4, -0.2) is 28.6 Å². The molecule has 0 bridgehead atoms. The third-order valence-corrected chi connectivity index (χ3v) is 4.98. The van der Waals surface area contributed by atoms with E-state index in [0.717, 1.165) is 4.68 Å². The first-order valence-electron chi connectivity index (χ1n) is 8.50. The summed E-state index contributed by atoms with van der Waals surface area (Å²) in [5.74, 6) is -1.62. The molecule has 3 rings (SSSR count). The summed E-state index contributed by atoms with van der Waals surface area (Å²) < 4.78 is 40.6. The predicted molar refractivity (Wildman–Crippen MR) is 110 cm³/mol. The Morgan fingerprint density at radius 2 is 1.87 bits per heavy atom. The second kappa shape index (κ2) is 8.81. The fourth-order valence-electron chi connectivity index (χ4n) is 2.74. The van der Waals surface area contributed by atoms with Crippen molar-refractivity contribution in [2.24, 2.45) is 0 Å². The van der Waals surface area contributed by atoms with Crippen molar-refractivity contribution < 1.29 is 22.8 Å². The number of aromatic nitrogens is 2. The maximum absolute atomic E-state index is 13.3. The second-order valence-corrected chi connectivity index (χ2v) is 7.46. The van der Waals surface area contributed by atoms with E-state index in [9.17, 15) is 22.8 Å². The summed E-state index contributed by atoms with van der Waals surface area (Å²) in [7, 11) is 1.35. The van der Waals surface area contributed by atoms with Gasteiger partial charge in [-0.25, -0.2) is 4.68 Å². The largest absolute Gasteiger partial charge is 0.435 e. The molecular formula is C18H13Cl3F3N5O2. The molecule has 1 atom stereocenters. The summed E-state index contributed by atoms with van der Waals surface area (Å²) in [6.07, 6.45) is -1.45. The lowest BCUT2D eigenvalue weighted by Crippen LogP contribution is -2.30. The van der Waals surface area contributed by atoms with Crippen molar-refractivity contribution in [1.29, 1.82) is 0 Å². The third-order valence-electron chi connectivity index (χ3n) is 4.14. The number of dihydropyridines is 1. The van der Waals surface area contributed by atoms with E-state index < -0.39 is 35.5 Å². The number of rotatable bonds is 4. The van der Waals surface area contributed by atoms with E-state index in [1.165, 1.54) is 37.5 Å². The van der Waals surface area contributed by atoms with Gasteiger partial charge in [0.05, 0.1) is 21.3 Å². The summed E-state index contributed by atoms with van der Waals surface area (Å²) in [6, 6.07) is 3.10. The molecular weight excluding hydrogens is 482 g/mol. The average molecular weight is 495 g/mol. The first-order chi connectivity index (χ1) is 14.5. The maximum Gasteiger partial charge on any atom is 0.435 e. The molecule has 0 saturated heterocycles. The summed E-state index contributed by atoms with van der Waals surface area (Å²) >= 11 is 18.1. The number of hydrogen-bond donors (Lipinski definition) is 3. The summed E-state index contributed by atoms with van der Waals surface area (Å²) in [4.78, 5) is 25.1. The number of nitrogens with one attached hydrogen (secondary N) is 3. The number of carbonyl (C=O) groups excluding carboxylic acids is 2. The molecule has 7 nitrogen and oxygen atoms in total. The molecule has 2 aromatic rings. The van der Waals surface area contributed by atoms with Crippen LogP contribution in [0, 0.1) is 0 Å². The first kappa shape index (κ1) is 23.0. The van der Waals surface area contributed by atoms with Crippen LogP contribution in [0.15, 0.2) is 41.6 Å². The lowest BCUT2D eigenvalue weighted by molar-refractivity contribution is -0.141. The fourth-order valence-corrected chi connectivity index (χ4v) is 3.51. The standard InChI is InChI=1S/C18H13Cl3F3N5O2/c1-25-16(30)9-5-8(19)6-11(21)14(9)27-17(31)12-7-13(18(22,23)24)28-29(12)15-10(20)3-2-4-26-15/h2-7,15,26H,1H3,(H,25,30)(H,27,31). The van der Waals surface area contributed by atoms with Gasteiger partial charge in [0.2, 0.25) is 0 Å². The molecule has 0 spiro atoms. The Labute approximate surface area is 188 Å². The molecule has 1 aromatic heterocycles. The highest BCUT2D eigenvalue weighted by Gasteiger charge is 2.37. The van der Waals surface area contributed by atoms with Crippen molar-refractivity contribution in [3.8, 4) is 0 Å². The number of carbonyl (C=O) groups is 2. The van der Waals surface area contributed by atoms with Gasteiger partial charge in [0.15, 0.2) is 11.9 Å². The Morgan fingerprint density at radius 3 is 2.48 bits per heavy atom. The average Bonchev–Trinajstić information content (AvgIpc) is 3.15. The van der Waals surface area contributed by atoms with Crippen LogP contribution in [0.2, 0.25) is 10.0 Å². The van der Waals surface area contributed by atoms with Crippen molar-refractivity contribution in [3.63, 3.8) is 0 Å².